The Balaban J connectivity index is 1.98. The van der Waals surface area contributed by atoms with E-state index in [0.717, 1.165) is 45.6 Å². The molecule has 0 spiro atoms. The molecule has 0 fully saturated rings. The maximum absolute atomic E-state index is 13.0. The van der Waals surface area contributed by atoms with Gasteiger partial charge in [-0.3, -0.25) is 0 Å². The fraction of sp³-hybridized carbons (Fsp3) is 0.408. The van der Waals surface area contributed by atoms with Gasteiger partial charge in [-0.2, -0.15) is 0 Å². The van der Waals surface area contributed by atoms with E-state index in [-0.39, 0.29) is 17.6 Å². The molecule has 0 aliphatic carbocycles. The number of allylic oxidation sites excluding steroid dienone is 3. The molecule has 0 saturated carbocycles. The third-order valence-corrected chi connectivity index (χ3v) is 15.6. The minimum absolute atomic E-state index is 0.0808. The van der Waals surface area contributed by atoms with Crippen LogP contribution in [0.2, 0.25) is 18.1 Å². The van der Waals surface area contributed by atoms with Gasteiger partial charge in [0.1, 0.15) is 23.4 Å². The number of carbonyl (C=O) groups is 1. The first-order valence-corrected chi connectivity index (χ1v) is 22.7. The minimum atomic E-state index is -2.41. The Kier molecular flexibility index (Phi) is 16.1. The van der Waals surface area contributed by atoms with Crippen LogP contribution in [0.25, 0.3) is 0 Å². The molecule has 5 atom stereocenters. The maximum atomic E-state index is 13.0. The number of hydrogen-bond acceptors (Lipinski definition) is 6. The Morgan fingerprint density at radius 2 is 1.25 bits per heavy atom. The molecule has 6 nitrogen and oxygen atoms in total. The summed E-state index contributed by atoms with van der Waals surface area (Å²) >= 11 is 0. The van der Waals surface area contributed by atoms with Crippen LogP contribution in [0.15, 0.2) is 133 Å². The summed E-state index contributed by atoms with van der Waals surface area (Å²) in [4.78, 5) is 13.0. The molecule has 0 radical (unpaired) electrons. The molecular formula is C49H64O6Si. The van der Waals surface area contributed by atoms with Crippen molar-refractivity contribution in [3.8, 4) is 11.5 Å². The summed E-state index contributed by atoms with van der Waals surface area (Å²) in [6, 6.07) is 36.7. The van der Waals surface area contributed by atoms with Crippen molar-refractivity contribution in [2.45, 2.75) is 91.0 Å². The largest absolute Gasteiger partial charge is 0.497 e. The quantitative estimate of drug-likeness (QED) is 0.0385. The molecule has 4 aromatic rings. The van der Waals surface area contributed by atoms with Crippen LogP contribution in [0, 0.1) is 17.8 Å². The van der Waals surface area contributed by atoms with E-state index in [4.69, 9.17) is 23.4 Å². The summed E-state index contributed by atoms with van der Waals surface area (Å²) in [5.74, 6) is 0.820. The smallest absolute Gasteiger partial charge is 0.192 e. The van der Waals surface area contributed by atoms with Crippen LogP contribution in [0.1, 0.15) is 70.7 Å². The molecule has 4 aromatic carbocycles. The van der Waals surface area contributed by atoms with E-state index in [9.17, 15) is 4.79 Å². The highest BCUT2D eigenvalue weighted by atomic mass is 28.4. The first kappa shape index (κ1) is 44.4. The molecule has 0 unspecified atom stereocenters. The lowest BCUT2D eigenvalue weighted by molar-refractivity contribution is -0.128. The van der Waals surface area contributed by atoms with E-state index >= 15 is 0 Å². The first-order chi connectivity index (χ1) is 26.7. The average molecular weight is 777 g/mol. The Morgan fingerprint density at radius 1 is 0.750 bits per heavy atom. The standard InChI is InChI=1S/C49H64O6Si/c1-12-19-36(2)32-37(3)47(55-56(10,11)48(5,6)7)45(46(38(4)33-50)53-34-39-24-28-43(51-8)29-25-39)35-54-49(40-20-15-13-16-21-40,41-22-17-14-18-23-41)42-26-30-44(52-9)31-27-42/h12-33,36,38,45-47H,34-35H2,1-11H3/b19-12-,37-32+/t36-,38+,45-,46+,47+/m0/s1. The van der Waals surface area contributed by atoms with E-state index in [0.29, 0.717) is 6.61 Å². The summed E-state index contributed by atoms with van der Waals surface area (Å²) in [6.07, 6.45) is 6.56. The second-order valence-corrected chi connectivity index (χ2v) is 21.1. The maximum Gasteiger partial charge on any atom is 0.192 e. The number of rotatable bonds is 20. The van der Waals surface area contributed by atoms with Gasteiger partial charge in [0.25, 0.3) is 0 Å². The number of ether oxygens (including phenoxy) is 4. The van der Waals surface area contributed by atoms with Crippen molar-refractivity contribution in [1.29, 1.82) is 0 Å². The van der Waals surface area contributed by atoms with E-state index in [1.165, 1.54) is 0 Å². The Hall–Kier alpha value is -4.27. The highest BCUT2D eigenvalue weighted by Gasteiger charge is 2.46. The van der Waals surface area contributed by atoms with Gasteiger partial charge in [-0.05, 0) is 90.0 Å². The molecule has 4 rings (SSSR count). The third kappa shape index (κ3) is 11.0. The summed E-state index contributed by atoms with van der Waals surface area (Å²) < 4.78 is 33.1. The molecule has 0 N–H and O–H groups in total. The van der Waals surface area contributed by atoms with Crippen LogP contribution in [0.4, 0.5) is 0 Å². The van der Waals surface area contributed by atoms with Gasteiger partial charge < -0.3 is 28.2 Å². The molecule has 0 amide bonds. The van der Waals surface area contributed by atoms with Crippen LogP contribution in [0.5, 0.6) is 11.5 Å². The molecule has 7 heteroatoms. The van der Waals surface area contributed by atoms with E-state index < -0.39 is 38.0 Å². The summed E-state index contributed by atoms with van der Waals surface area (Å²) in [6.45, 7) is 20.2. The van der Waals surface area contributed by atoms with Crippen LogP contribution in [-0.2, 0) is 30.9 Å². The van der Waals surface area contributed by atoms with E-state index in [1.807, 2.05) is 86.6 Å². The van der Waals surface area contributed by atoms with Gasteiger partial charge in [0.05, 0.1) is 39.6 Å². The molecule has 0 saturated heterocycles. The second kappa shape index (κ2) is 20.2. The van der Waals surface area contributed by atoms with Crippen molar-refractivity contribution in [2.75, 3.05) is 20.8 Å². The molecule has 0 aliphatic heterocycles. The fourth-order valence-electron chi connectivity index (χ4n) is 7.03. The molecule has 0 aromatic heterocycles. The first-order valence-electron chi connectivity index (χ1n) is 19.8. The topological polar surface area (TPSA) is 63.2 Å². The van der Waals surface area contributed by atoms with Crippen molar-refractivity contribution in [3.63, 3.8) is 0 Å². The Morgan fingerprint density at radius 3 is 1.71 bits per heavy atom. The number of carbonyl (C=O) groups excluding carboxylic acids is 1. The van der Waals surface area contributed by atoms with Crippen molar-refractivity contribution >= 4 is 14.6 Å². The zero-order valence-corrected chi connectivity index (χ0v) is 36.5. The van der Waals surface area contributed by atoms with Crippen LogP contribution >= 0.6 is 0 Å². The predicted octanol–water partition coefficient (Wildman–Crippen LogP) is 11.6. The molecule has 0 heterocycles. The van der Waals surface area contributed by atoms with Crippen molar-refractivity contribution in [3.05, 3.63) is 155 Å². The fourth-order valence-corrected chi connectivity index (χ4v) is 8.38. The lowest BCUT2D eigenvalue weighted by Gasteiger charge is -2.45. The lowest BCUT2D eigenvalue weighted by atomic mass is 9.79. The normalized spacial score (nSPS) is 15.5. The summed E-state index contributed by atoms with van der Waals surface area (Å²) in [5.41, 5.74) is 3.93. The SMILES string of the molecule is C/C=C\[C@H](C)/C=C(\C)[C@@H](O[Si](C)(C)C(C)(C)C)[C@@H](COC(c1ccccc1)(c1ccccc1)c1ccc(OC)cc1)[C@H](OCc1ccc(OC)cc1)[C@H](C)C=O. The number of hydrogen-bond donors (Lipinski definition) is 0. The summed E-state index contributed by atoms with van der Waals surface area (Å²) in [5, 5.41) is -0.0808. The number of methoxy groups -OCH3 is 2. The second-order valence-electron chi connectivity index (χ2n) is 16.3. The molecular weight excluding hydrogens is 713 g/mol. The zero-order valence-electron chi connectivity index (χ0n) is 35.5. The van der Waals surface area contributed by atoms with Gasteiger partial charge in [-0.1, -0.05) is 138 Å². The van der Waals surface area contributed by atoms with E-state index in [1.54, 1.807) is 14.2 Å². The van der Waals surface area contributed by atoms with Crippen molar-refractivity contribution in [1.82, 2.24) is 0 Å². The van der Waals surface area contributed by atoms with E-state index in [2.05, 4.69) is 102 Å². The monoisotopic (exact) mass is 776 g/mol. The van der Waals surface area contributed by atoms with Gasteiger partial charge in [-0.25, -0.2) is 0 Å². The van der Waals surface area contributed by atoms with Crippen molar-refractivity contribution < 1.29 is 28.2 Å². The lowest BCUT2D eigenvalue weighted by Crippen LogP contribution is -2.51. The van der Waals surface area contributed by atoms with Gasteiger partial charge in [0, 0.05) is 11.8 Å². The highest BCUT2D eigenvalue weighted by molar-refractivity contribution is 6.74. The van der Waals surface area contributed by atoms with Gasteiger partial charge in [0.2, 0.25) is 0 Å². The molecule has 0 aliphatic rings. The van der Waals surface area contributed by atoms with Crippen molar-refractivity contribution in [2.24, 2.45) is 17.8 Å². The Bertz CT molecular complexity index is 1790. The minimum Gasteiger partial charge on any atom is -0.497 e. The number of aldehydes is 1. The van der Waals surface area contributed by atoms with Crippen LogP contribution in [0.3, 0.4) is 0 Å². The van der Waals surface area contributed by atoms with Gasteiger partial charge in [0.15, 0.2) is 8.32 Å². The highest BCUT2D eigenvalue weighted by Crippen LogP contribution is 2.44. The van der Waals surface area contributed by atoms with Gasteiger partial charge in [-0.15, -0.1) is 0 Å². The average Bonchev–Trinajstić information content (AvgIpc) is 3.20. The van der Waals surface area contributed by atoms with Gasteiger partial charge >= 0.3 is 0 Å². The molecule has 56 heavy (non-hydrogen) atoms. The number of benzene rings is 4. The molecule has 300 valence electrons. The van der Waals surface area contributed by atoms with Crippen LogP contribution < -0.4 is 9.47 Å². The third-order valence-electron chi connectivity index (χ3n) is 11.2. The predicted molar refractivity (Wildman–Crippen MR) is 232 cm³/mol. The van der Waals surface area contributed by atoms with Crippen LogP contribution in [-0.4, -0.2) is 47.6 Å². The summed E-state index contributed by atoms with van der Waals surface area (Å²) in [7, 11) is 0.917. The molecule has 0 bridgehead atoms. The Labute approximate surface area is 338 Å². The zero-order chi connectivity index (χ0) is 40.9.